The van der Waals surface area contributed by atoms with E-state index in [-0.39, 0.29) is 28.6 Å². The lowest BCUT2D eigenvalue weighted by Crippen LogP contribution is -2.33. The van der Waals surface area contributed by atoms with E-state index in [1.54, 1.807) is 40.1 Å². The monoisotopic (exact) mass is 275 g/mol. The van der Waals surface area contributed by atoms with Crippen molar-refractivity contribution in [1.82, 2.24) is 14.5 Å². The van der Waals surface area contributed by atoms with Crippen LogP contribution in [0.4, 0.5) is 0 Å². The van der Waals surface area contributed by atoms with Crippen LogP contribution in [0, 0.1) is 0 Å². The Morgan fingerprint density at radius 3 is 2.60 bits per heavy atom. The van der Waals surface area contributed by atoms with Crippen LogP contribution in [0.1, 0.15) is 30.4 Å². The molecule has 2 aromatic rings. The van der Waals surface area contributed by atoms with Gasteiger partial charge < -0.3 is 10.0 Å². The van der Waals surface area contributed by atoms with Gasteiger partial charge in [-0.3, -0.25) is 19.1 Å². The predicted molar refractivity (Wildman–Crippen MR) is 76.1 cm³/mol. The largest absolute Gasteiger partial charge is 0.505 e. The van der Waals surface area contributed by atoms with Gasteiger partial charge in [-0.05, 0) is 26.0 Å². The van der Waals surface area contributed by atoms with Crippen LogP contribution < -0.4 is 5.56 Å². The van der Waals surface area contributed by atoms with Crippen molar-refractivity contribution in [3.63, 3.8) is 0 Å². The van der Waals surface area contributed by atoms with Crippen LogP contribution in [0.25, 0.3) is 10.9 Å². The van der Waals surface area contributed by atoms with Gasteiger partial charge in [0.15, 0.2) is 11.4 Å². The van der Waals surface area contributed by atoms with Crippen molar-refractivity contribution >= 4 is 16.8 Å². The molecule has 0 unspecified atom stereocenters. The van der Waals surface area contributed by atoms with Crippen LogP contribution in [0.2, 0.25) is 0 Å². The third kappa shape index (κ3) is 2.03. The second-order valence-corrected chi connectivity index (χ2v) is 5.07. The molecule has 20 heavy (non-hydrogen) atoms. The molecule has 0 aromatic carbocycles. The third-order valence-electron chi connectivity index (χ3n) is 3.07. The van der Waals surface area contributed by atoms with E-state index >= 15 is 0 Å². The average molecular weight is 275 g/mol. The van der Waals surface area contributed by atoms with Crippen LogP contribution in [0.3, 0.4) is 0 Å². The van der Waals surface area contributed by atoms with Gasteiger partial charge in [-0.25, -0.2) is 0 Å². The van der Waals surface area contributed by atoms with Crippen molar-refractivity contribution in [3.8, 4) is 5.75 Å². The summed E-state index contributed by atoms with van der Waals surface area (Å²) in [6, 6.07) is 2.93. The maximum absolute atomic E-state index is 12.5. The van der Waals surface area contributed by atoms with Crippen molar-refractivity contribution in [1.29, 1.82) is 0 Å². The van der Waals surface area contributed by atoms with E-state index in [0.717, 1.165) is 0 Å². The molecule has 2 heterocycles. The maximum atomic E-state index is 12.5. The van der Waals surface area contributed by atoms with Crippen molar-refractivity contribution < 1.29 is 9.90 Å². The molecule has 0 aliphatic heterocycles. The lowest BCUT2D eigenvalue weighted by atomic mass is 10.1. The number of pyridine rings is 2. The third-order valence-corrected chi connectivity index (χ3v) is 3.07. The fourth-order valence-corrected chi connectivity index (χ4v) is 2.13. The van der Waals surface area contributed by atoms with Crippen LogP contribution in [-0.2, 0) is 0 Å². The fourth-order valence-electron chi connectivity index (χ4n) is 2.13. The molecule has 0 saturated heterocycles. The molecule has 6 heteroatoms. The first-order chi connectivity index (χ1) is 9.36. The zero-order chi connectivity index (χ0) is 15.0. The Morgan fingerprint density at radius 1 is 1.40 bits per heavy atom. The summed E-state index contributed by atoms with van der Waals surface area (Å²) in [4.78, 5) is 30.1. The van der Waals surface area contributed by atoms with E-state index in [2.05, 4.69) is 4.98 Å². The van der Waals surface area contributed by atoms with Crippen LogP contribution >= 0.6 is 0 Å². The topological polar surface area (TPSA) is 75.4 Å². The Hall–Kier alpha value is -2.37. The number of fused-ring (bicyclic) bond motifs is 1. The quantitative estimate of drug-likeness (QED) is 0.898. The number of rotatable bonds is 2. The van der Waals surface area contributed by atoms with Gasteiger partial charge in [-0.15, -0.1) is 0 Å². The van der Waals surface area contributed by atoms with Crippen molar-refractivity contribution in [2.24, 2.45) is 0 Å². The standard InChI is InChI=1S/C14H17N3O3/c1-8(2)17-11(14(20)16(3)4)12(18)9-6-5-7-15-10(9)13(17)19/h5-8,18H,1-4H3. The molecule has 0 aliphatic carbocycles. The molecule has 106 valence electrons. The molecule has 2 rings (SSSR count). The molecule has 0 fully saturated rings. The maximum Gasteiger partial charge on any atom is 0.278 e. The van der Waals surface area contributed by atoms with Gasteiger partial charge >= 0.3 is 0 Å². The van der Waals surface area contributed by atoms with Crippen LogP contribution in [0.15, 0.2) is 23.1 Å². The summed E-state index contributed by atoms with van der Waals surface area (Å²) < 4.78 is 1.28. The molecule has 0 radical (unpaired) electrons. The van der Waals surface area contributed by atoms with Crippen molar-refractivity contribution in [2.45, 2.75) is 19.9 Å². The molecule has 2 aromatic heterocycles. The molecule has 0 atom stereocenters. The summed E-state index contributed by atoms with van der Waals surface area (Å²) in [5.41, 5.74) is -0.219. The SMILES string of the molecule is CC(C)n1c(C(=O)N(C)C)c(O)c2cccnc2c1=O. The highest BCUT2D eigenvalue weighted by Gasteiger charge is 2.24. The molecule has 1 amide bonds. The lowest BCUT2D eigenvalue weighted by molar-refractivity contribution is 0.0810. The Labute approximate surface area is 116 Å². The minimum atomic E-state index is -0.418. The van der Waals surface area contributed by atoms with Gasteiger partial charge in [0, 0.05) is 26.3 Å². The second-order valence-electron chi connectivity index (χ2n) is 5.07. The summed E-state index contributed by atoms with van der Waals surface area (Å²) in [5.74, 6) is -0.626. The zero-order valence-electron chi connectivity index (χ0n) is 11.9. The van der Waals surface area contributed by atoms with Gasteiger partial charge in [0.1, 0.15) is 5.52 Å². The molecule has 0 bridgehead atoms. The summed E-state index contributed by atoms with van der Waals surface area (Å²) in [7, 11) is 3.15. The summed E-state index contributed by atoms with van der Waals surface area (Å²) >= 11 is 0. The van der Waals surface area contributed by atoms with Gasteiger partial charge in [0.2, 0.25) is 0 Å². The van der Waals surface area contributed by atoms with E-state index in [0.29, 0.717) is 5.39 Å². The highest BCUT2D eigenvalue weighted by atomic mass is 16.3. The molecular formula is C14H17N3O3. The smallest absolute Gasteiger partial charge is 0.278 e. The van der Waals surface area contributed by atoms with E-state index < -0.39 is 5.91 Å². The van der Waals surface area contributed by atoms with Gasteiger partial charge in [-0.2, -0.15) is 0 Å². The molecule has 6 nitrogen and oxygen atoms in total. The second kappa shape index (κ2) is 4.96. The van der Waals surface area contributed by atoms with Gasteiger partial charge in [0.05, 0.1) is 5.39 Å². The predicted octanol–water partition coefficient (Wildman–Crippen LogP) is 1.38. The number of nitrogens with zero attached hydrogens (tertiary/aromatic N) is 3. The number of carbonyl (C=O) groups is 1. The number of carbonyl (C=O) groups excluding carboxylic acids is 1. The minimum absolute atomic E-state index is 0.00417. The van der Waals surface area contributed by atoms with Crippen molar-refractivity contribution in [3.05, 3.63) is 34.4 Å². The molecular weight excluding hydrogens is 258 g/mol. The first-order valence-electron chi connectivity index (χ1n) is 6.30. The van der Waals surface area contributed by atoms with Crippen LogP contribution in [-0.4, -0.2) is 39.6 Å². The van der Waals surface area contributed by atoms with Gasteiger partial charge in [0.25, 0.3) is 11.5 Å². The molecule has 1 N–H and O–H groups in total. The summed E-state index contributed by atoms with van der Waals surface area (Å²) in [5, 5.41) is 10.7. The Balaban J connectivity index is 2.98. The number of hydrogen-bond donors (Lipinski definition) is 1. The first-order valence-corrected chi connectivity index (χ1v) is 6.30. The fraction of sp³-hybridized carbons (Fsp3) is 0.357. The van der Waals surface area contributed by atoms with Gasteiger partial charge in [-0.1, -0.05) is 0 Å². The van der Waals surface area contributed by atoms with E-state index in [4.69, 9.17) is 0 Å². The number of amides is 1. The first kappa shape index (κ1) is 14.0. The molecule has 0 saturated carbocycles. The van der Waals surface area contributed by atoms with Crippen molar-refractivity contribution in [2.75, 3.05) is 14.1 Å². The van der Waals surface area contributed by atoms with E-state index in [1.807, 2.05) is 0 Å². The Bertz CT molecular complexity index is 732. The average Bonchev–Trinajstić information content (AvgIpc) is 2.41. The zero-order valence-corrected chi connectivity index (χ0v) is 11.9. The van der Waals surface area contributed by atoms with E-state index in [9.17, 15) is 14.7 Å². The normalized spacial score (nSPS) is 11.1. The lowest BCUT2D eigenvalue weighted by Gasteiger charge is -2.20. The number of aromatic nitrogens is 2. The van der Waals surface area contributed by atoms with E-state index in [1.165, 1.54) is 15.7 Å². The van der Waals surface area contributed by atoms with Crippen LogP contribution in [0.5, 0.6) is 5.75 Å². The Kier molecular flexibility index (Phi) is 3.48. The Morgan fingerprint density at radius 2 is 2.05 bits per heavy atom. The molecule has 0 spiro atoms. The number of hydrogen-bond acceptors (Lipinski definition) is 4. The highest BCUT2D eigenvalue weighted by molar-refractivity contribution is 6.00. The highest BCUT2D eigenvalue weighted by Crippen LogP contribution is 2.27. The summed E-state index contributed by atoms with van der Waals surface area (Å²) in [6.07, 6.45) is 1.49. The minimum Gasteiger partial charge on any atom is -0.505 e. The number of aromatic hydroxyl groups is 1. The molecule has 0 aliphatic rings. The summed E-state index contributed by atoms with van der Waals surface area (Å²) in [6.45, 7) is 3.56.